The quantitative estimate of drug-likeness (QED) is 0.880. The van der Waals surface area contributed by atoms with Gasteiger partial charge >= 0.3 is 0 Å². The molecular weight excluding hydrogens is 314 g/mol. The van der Waals surface area contributed by atoms with Crippen molar-refractivity contribution in [3.05, 3.63) is 35.0 Å². The van der Waals surface area contributed by atoms with E-state index in [9.17, 15) is 13.2 Å². The second-order valence-electron chi connectivity index (χ2n) is 6.03. The molecule has 6 nitrogen and oxygen atoms in total. The summed E-state index contributed by atoms with van der Waals surface area (Å²) in [5, 5.41) is 1.18. The Morgan fingerprint density at radius 2 is 2.17 bits per heavy atom. The topological polar surface area (TPSA) is 82.3 Å². The monoisotopic (exact) mass is 335 g/mol. The molecule has 0 unspecified atom stereocenters. The number of carbonyl (C=O) groups is 1. The Kier molecular flexibility index (Phi) is 4.16. The number of fused-ring (bicyclic) bond motifs is 3. The number of sulfonamides is 1. The van der Waals surface area contributed by atoms with Crippen LogP contribution in [0.3, 0.4) is 0 Å². The Balaban J connectivity index is 1.89. The van der Waals surface area contributed by atoms with Crippen molar-refractivity contribution in [2.24, 2.45) is 0 Å². The molecule has 1 aliphatic heterocycles. The van der Waals surface area contributed by atoms with Gasteiger partial charge in [0.1, 0.15) is 0 Å². The highest BCUT2D eigenvalue weighted by Gasteiger charge is 2.22. The van der Waals surface area contributed by atoms with Gasteiger partial charge in [-0.2, -0.15) is 0 Å². The van der Waals surface area contributed by atoms with Crippen molar-refractivity contribution in [1.29, 1.82) is 0 Å². The number of benzene rings is 1. The Morgan fingerprint density at radius 1 is 1.39 bits per heavy atom. The third-order valence-corrected chi connectivity index (χ3v) is 5.03. The molecule has 1 aliphatic rings. The van der Waals surface area contributed by atoms with Crippen LogP contribution in [0.15, 0.2) is 18.2 Å². The van der Waals surface area contributed by atoms with Crippen molar-refractivity contribution in [2.75, 3.05) is 19.3 Å². The van der Waals surface area contributed by atoms with Gasteiger partial charge in [-0.1, -0.05) is 18.2 Å². The minimum absolute atomic E-state index is 0.0897. The smallest absolute Gasteiger partial charge is 0.219 e. The standard InChI is InChI=1S/C16H21N3O3S/c1-11(20)19-9-7-13-14-5-3-4-12(6-8-17-23(2,21)22)16(14)18-15(13)10-19/h3-5,17-18H,6-10H2,1-2H3. The van der Waals surface area contributed by atoms with E-state index in [0.29, 0.717) is 19.5 Å². The van der Waals surface area contributed by atoms with E-state index in [1.165, 1.54) is 10.9 Å². The molecule has 0 saturated heterocycles. The minimum atomic E-state index is -3.17. The van der Waals surface area contributed by atoms with Crippen molar-refractivity contribution < 1.29 is 13.2 Å². The van der Waals surface area contributed by atoms with E-state index < -0.39 is 10.0 Å². The average molecular weight is 335 g/mol. The van der Waals surface area contributed by atoms with Crippen LogP contribution in [-0.4, -0.2) is 43.6 Å². The number of carbonyl (C=O) groups excluding carboxylic acids is 1. The number of H-pyrrole nitrogens is 1. The summed E-state index contributed by atoms with van der Waals surface area (Å²) in [5.41, 5.74) is 4.50. The summed E-state index contributed by atoms with van der Waals surface area (Å²) in [6.45, 7) is 3.33. The van der Waals surface area contributed by atoms with Crippen LogP contribution in [0, 0.1) is 0 Å². The van der Waals surface area contributed by atoms with E-state index in [-0.39, 0.29) is 5.91 Å². The normalized spacial score (nSPS) is 15.0. The molecule has 2 heterocycles. The van der Waals surface area contributed by atoms with Crippen LogP contribution in [-0.2, 0) is 34.2 Å². The SMILES string of the molecule is CC(=O)N1CCc2c([nH]c3c(CCNS(C)(=O)=O)cccc23)C1. The van der Waals surface area contributed by atoms with Gasteiger partial charge in [0, 0.05) is 36.6 Å². The molecule has 124 valence electrons. The molecule has 23 heavy (non-hydrogen) atoms. The molecule has 0 radical (unpaired) electrons. The molecule has 0 fully saturated rings. The van der Waals surface area contributed by atoms with Crippen molar-refractivity contribution in [3.63, 3.8) is 0 Å². The molecule has 1 amide bonds. The van der Waals surface area contributed by atoms with Gasteiger partial charge in [-0.05, 0) is 24.0 Å². The van der Waals surface area contributed by atoms with Crippen molar-refractivity contribution >= 4 is 26.8 Å². The van der Waals surface area contributed by atoms with Gasteiger partial charge in [-0.15, -0.1) is 0 Å². The van der Waals surface area contributed by atoms with Gasteiger partial charge in [0.25, 0.3) is 0 Å². The lowest BCUT2D eigenvalue weighted by atomic mass is 10.0. The number of nitrogens with zero attached hydrogens (tertiary/aromatic N) is 1. The zero-order valence-electron chi connectivity index (χ0n) is 13.3. The molecule has 1 aromatic heterocycles. The number of nitrogens with one attached hydrogen (secondary N) is 2. The summed E-state index contributed by atoms with van der Waals surface area (Å²) in [6, 6.07) is 6.10. The fourth-order valence-electron chi connectivity index (χ4n) is 3.17. The van der Waals surface area contributed by atoms with Crippen LogP contribution in [0.1, 0.15) is 23.7 Å². The maximum absolute atomic E-state index is 11.6. The second kappa shape index (κ2) is 5.98. The van der Waals surface area contributed by atoms with Crippen molar-refractivity contribution in [1.82, 2.24) is 14.6 Å². The van der Waals surface area contributed by atoms with Crippen LogP contribution in [0.4, 0.5) is 0 Å². The highest BCUT2D eigenvalue weighted by atomic mass is 32.2. The number of hydrogen-bond acceptors (Lipinski definition) is 3. The summed E-state index contributed by atoms with van der Waals surface area (Å²) in [7, 11) is -3.17. The number of para-hydroxylation sites is 1. The number of amides is 1. The first-order valence-corrected chi connectivity index (χ1v) is 9.56. The maximum Gasteiger partial charge on any atom is 0.219 e. The van der Waals surface area contributed by atoms with E-state index in [0.717, 1.165) is 36.0 Å². The lowest BCUT2D eigenvalue weighted by Gasteiger charge is -2.25. The third-order valence-electron chi connectivity index (χ3n) is 4.30. The maximum atomic E-state index is 11.6. The Hall–Kier alpha value is -1.86. The Labute approximate surface area is 135 Å². The van der Waals surface area contributed by atoms with Gasteiger partial charge < -0.3 is 9.88 Å². The Morgan fingerprint density at radius 3 is 2.87 bits per heavy atom. The van der Waals surface area contributed by atoms with Crippen LogP contribution in [0.5, 0.6) is 0 Å². The highest BCUT2D eigenvalue weighted by molar-refractivity contribution is 7.88. The number of aromatic nitrogens is 1. The molecule has 3 rings (SSSR count). The first-order chi connectivity index (χ1) is 10.8. The van der Waals surface area contributed by atoms with E-state index in [4.69, 9.17) is 0 Å². The number of hydrogen-bond donors (Lipinski definition) is 2. The number of rotatable bonds is 4. The fraction of sp³-hybridized carbons (Fsp3) is 0.438. The summed E-state index contributed by atoms with van der Waals surface area (Å²) in [6.07, 6.45) is 2.64. The van der Waals surface area contributed by atoms with Gasteiger partial charge in [0.15, 0.2) is 0 Å². The zero-order valence-corrected chi connectivity index (χ0v) is 14.2. The van der Waals surface area contributed by atoms with Crippen molar-refractivity contribution in [3.8, 4) is 0 Å². The van der Waals surface area contributed by atoms with E-state index in [1.54, 1.807) is 6.92 Å². The molecule has 0 aliphatic carbocycles. The summed E-state index contributed by atoms with van der Waals surface area (Å²) in [4.78, 5) is 16.9. The molecule has 0 bridgehead atoms. The van der Waals surface area contributed by atoms with Crippen LogP contribution >= 0.6 is 0 Å². The van der Waals surface area contributed by atoms with Gasteiger partial charge in [-0.25, -0.2) is 13.1 Å². The minimum Gasteiger partial charge on any atom is -0.356 e. The zero-order chi connectivity index (χ0) is 16.6. The fourth-order valence-corrected chi connectivity index (χ4v) is 3.65. The van der Waals surface area contributed by atoms with Crippen molar-refractivity contribution in [2.45, 2.75) is 26.3 Å². The predicted molar refractivity (Wildman–Crippen MR) is 89.6 cm³/mol. The first-order valence-electron chi connectivity index (χ1n) is 7.66. The molecule has 2 N–H and O–H groups in total. The van der Waals surface area contributed by atoms with E-state index >= 15 is 0 Å². The lowest BCUT2D eigenvalue weighted by Crippen LogP contribution is -2.34. The van der Waals surface area contributed by atoms with Crippen LogP contribution in [0.2, 0.25) is 0 Å². The highest BCUT2D eigenvalue weighted by Crippen LogP contribution is 2.29. The van der Waals surface area contributed by atoms with Gasteiger partial charge in [-0.3, -0.25) is 4.79 Å². The molecule has 0 spiro atoms. The van der Waals surface area contributed by atoms with Gasteiger partial charge in [0.2, 0.25) is 15.9 Å². The first kappa shape index (κ1) is 16.0. The van der Waals surface area contributed by atoms with Crippen LogP contribution in [0.25, 0.3) is 10.9 Å². The molecule has 7 heteroatoms. The van der Waals surface area contributed by atoms with E-state index in [2.05, 4.69) is 15.8 Å². The lowest BCUT2D eigenvalue weighted by molar-refractivity contribution is -0.129. The van der Waals surface area contributed by atoms with Crippen LogP contribution < -0.4 is 4.72 Å². The third kappa shape index (κ3) is 3.40. The summed E-state index contributed by atoms with van der Waals surface area (Å²) >= 11 is 0. The average Bonchev–Trinajstić information content (AvgIpc) is 2.84. The molecule has 2 aromatic rings. The van der Waals surface area contributed by atoms with E-state index in [1.807, 2.05) is 17.0 Å². The van der Waals surface area contributed by atoms with Gasteiger partial charge in [0.05, 0.1) is 12.8 Å². The summed E-state index contributed by atoms with van der Waals surface area (Å²) in [5.74, 6) is 0.0897. The second-order valence-corrected chi connectivity index (χ2v) is 7.86. The molecule has 0 atom stereocenters. The number of aromatic amines is 1. The Bertz CT molecular complexity index is 855. The largest absolute Gasteiger partial charge is 0.356 e. The molecule has 1 aromatic carbocycles. The summed E-state index contributed by atoms with van der Waals surface area (Å²) < 4.78 is 24.9. The molecular formula is C16H21N3O3S. The molecule has 0 saturated carbocycles. The predicted octanol–water partition coefficient (Wildman–Crippen LogP) is 1.16.